The molecular formula is C14H24N2O3S. The van der Waals surface area contributed by atoms with E-state index in [4.69, 9.17) is 4.74 Å². The molecule has 0 saturated heterocycles. The summed E-state index contributed by atoms with van der Waals surface area (Å²) in [6, 6.07) is 3.76. The van der Waals surface area contributed by atoms with Crippen LogP contribution in [0.1, 0.15) is 23.6 Å². The van der Waals surface area contributed by atoms with Gasteiger partial charge in [0.2, 0.25) is 10.0 Å². The van der Waals surface area contributed by atoms with Crippen molar-refractivity contribution in [3.8, 4) is 0 Å². The summed E-state index contributed by atoms with van der Waals surface area (Å²) in [6.45, 7) is 7.92. The summed E-state index contributed by atoms with van der Waals surface area (Å²) in [6.07, 6.45) is 0. The van der Waals surface area contributed by atoms with Crippen LogP contribution in [0.15, 0.2) is 17.0 Å². The molecule has 0 saturated carbocycles. The van der Waals surface area contributed by atoms with Crippen molar-refractivity contribution in [1.82, 2.24) is 10.0 Å². The van der Waals surface area contributed by atoms with Gasteiger partial charge in [0.15, 0.2) is 0 Å². The molecule has 1 aromatic carbocycles. The molecule has 0 aromatic heterocycles. The van der Waals surface area contributed by atoms with E-state index < -0.39 is 10.0 Å². The highest BCUT2D eigenvalue weighted by atomic mass is 32.2. The lowest BCUT2D eigenvalue weighted by Crippen LogP contribution is -2.28. The van der Waals surface area contributed by atoms with Gasteiger partial charge in [-0.2, -0.15) is 0 Å². The lowest BCUT2D eigenvalue weighted by atomic mass is 10.1. The first-order valence-corrected chi connectivity index (χ1v) is 8.20. The van der Waals surface area contributed by atoms with Crippen LogP contribution in [0.3, 0.4) is 0 Å². The second-order valence-electron chi connectivity index (χ2n) is 4.71. The Morgan fingerprint density at radius 3 is 2.55 bits per heavy atom. The molecule has 1 rings (SSSR count). The number of aryl methyl sites for hydroxylation is 1. The molecule has 0 fully saturated rings. The first-order valence-electron chi connectivity index (χ1n) is 6.71. The van der Waals surface area contributed by atoms with Gasteiger partial charge in [0, 0.05) is 20.2 Å². The van der Waals surface area contributed by atoms with Gasteiger partial charge < -0.3 is 10.1 Å². The lowest BCUT2D eigenvalue weighted by Gasteiger charge is -2.14. The van der Waals surface area contributed by atoms with Gasteiger partial charge in [0.25, 0.3) is 0 Å². The molecule has 0 aliphatic heterocycles. The van der Waals surface area contributed by atoms with Crippen LogP contribution in [0.2, 0.25) is 0 Å². The third-order valence-corrected chi connectivity index (χ3v) is 4.73. The standard InChI is InChI=1S/C14H24N2O3S/c1-5-15-10-13-8-11(2)12(3)14(9-13)20(17,18)16-6-7-19-4/h8-9,15-16H,5-7,10H2,1-4H3. The Morgan fingerprint density at radius 1 is 1.25 bits per heavy atom. The zero-order valence-electron chi connectivity index (χ0n) is 12.6. The van der Waals surface area contributed by atoms with Gasteiger partial charge in [-0.3, -0.25) is 0 Å². The molecule has 114 valence electrons. The quantitative estimate of drug-likeness (QED) is 0.711. The predicted molar refractivity (Wildman–Crippen MR) is 80.4 cm³/mol. The molecule has 0 atom stereocenters. The van der Waals surface area contributed by atoms with E-state index in [9.17, 15) is 8.42 Å². The van der Waals surface area contributed by atoms with E-state index >= 15 is 0 Å². The maximum absolute atomic E-state index is 12.3. The predicted octanol–water partition coefficient (Wildman–Crippen LogP) is 1.34. The first kappa shape index (κ1) is 17.1. The zero-order valence-corrected chi connectivity index (χ0v) is 13.4. The van der Waals surface area contributed by atoms with Crippen LogP contribution in [0.5, 0.6) is 0 Å². The van der Waals surface area contributed by atoms with Crippen molar-refractivity contribution in [2.45, 2.75) is 32.2 Å². The molecule has 0 unspecified atom stereocenters. The van der Waals surface area contributed by atoms with Gasteiger partial charge in [0.1, 0.15) is 0 Å². The Labute approximate surface area is 121 Å². The van der Waals surface area contributed by atoms with Crippen molar-refractivity contribution in [2.75, 3.05) is 26.8 Å². The number of methoxy groups -OCH3 is 1. The molecule has 0 heterocycles. The summed E-state index contributed by atoms with van der Waals surface area (Å²) in [4.78, 5) is 0.349. The van der Waals surface area contributed by atoms with E-state index in [1.165, 1.54) is 0 Å². The minimum absolute atomic E-state index is 0.273. The van der Waals surface area contributed by atoms with E-state index in [-0.39, 0.29) is 6.54 Å². The summed E-state index contributed by atoms with van der Waals surface area (Å²) >= 11 is 0. The normalized spacial score (nSPS) is 11.8. The van der Waals surface area contributed by atoms with Crippen LogP contribution in [-0.4, -0.2) is 35.2 Å². The van der Waals surface area contributed by atoms with Crippen LogP contribution >= 0.6 is 0 Å². The summed E-state index contributed by atoms with van der Waals surface area (Å²) < 4.78 is 32.1. The van der Waals surface area contributed by atoms with Crippen molar-refractivity contribution >= 4 is 10.0 Å². The van der Waals surface area contributed by atoms with Crippen LogP contribution in [0.25, 0.3) is 0 Å². The van der Waals surface area contributed by atoms with E-state index in [0.717, 1.165) is 23.2 Å². The Morgan fingerprint density at radius 2 is 1.95 bits per heavy atom. The van der Waals surface area contributed by atoms with E-state index in [1.807, 2.05) is 26.8 Å². The zero-order chi connectivity index (χ0) is 15.2. The molecule has 0 aliphatic rings. The fourth-order valence-electron chi connectivity index (χ4n) is 1.91. The highest BCUT2D eigenvalue weighted by Gasteiger charge is 2.18. The smallest absolute Gasteiger partial charge is 0.240 e. The molecule has 0 spiro atoms. The van der Waals surface area contributed by atoms with Crippen molar-refractivity contribution in [1.29, 1.82) is 0 Å². The van der Waals surface area contributed by atoms with E-state index in [1.54, 1.807) is 13.2 Å². The number of nitrogens with one attached hydrogen (secondary N) is 2. The largest absolute Gasteiger partial charge is 0.383 e. The number of hydrogen-bond acceptors (Lipinski definition) is 4. The van der Waals surface area contributed by atoms with Crippen molar-refractivity contribution < 1.29 is 13.2 Å². The monoisotopic (exact) mass is 300 g/mol. The molecule has 20 heavy (non-hydrogen) atoms. The molecular weight excluding hydrogens is 276 g/mol. The van der Waals surface area contributed by atoms with Crippen molar-refractivity contribution in [2.24, 2.45) is 0 Å². The second kappa shape index (κ2) is 7.73. The lowest BCUT2D eigenvalue weighted by molar-refractivity contribution is 0.204. The number of hydrogen-bond donors (Lipinski definition) is 2. The van der Waals surface area contributed by atoms with Gasteiger partial charge in [-0.25, -0.2) is 13.1 Å². The van der Waals surface area contributed by atoms with Gasteiger partial charge in [-0.15, -0.1) is 0 Å². The topological polar surface area (TPSA) is 67.4 Å². The molecule has 5 nitrogen and oxygen atoms in total. The van der Waals surface area contributed by atoms with E-state index in [0.29, 0.717) is 18.0 Å². The molecule has 0 aliphatic carbocycles. The van der Waals surface area contributed by atoms with Crippen molar-refractivity contribution in [3.63, 3.8) is 0 Å². The van der Waals surface area contributed by atoms with Crippen LogP contribution in [0.4, 0.5) is 0 Å². The third-order valence-electron chi connectivity index (χ3n) is 3.15. The van der Waals surface area contributed by atoms with Crippen molar-refractivity contribution in [3.05, 3.63) is 28.8 Å². The fourth-order valence-corrected chi connectivity index (χ4v) is 3.28. The summed E-state index contributed by atoms with van der Waals surface area (Å²) in [7, 11) is -1.95. The van der Waals surface area contributed by atoms with Crippen LogP contribution < -0.4 is 10.0 Å². The number of rotatable bonds is 8. The maximum Gasteiger partial charge on any atom is 0.240 e. The summed E-state index contributed by atoms with van der Waals surface area (Å²) in [5.74, 6) is 0. The van der Waals surface area contributed by atoms with Gasteiger partial charge >= 0.3 is 0 Å². The minimum atomic E-state index is -3.49. The Hall–Kier alpha value is -0.950. The van der Waals surface area contributed by atoms with Crippen LogP contribution in [0, 0.1) is 13.8 Å². The average Bonchev–Trinajstić information content (AvgIpc) is 2.39. The van der Waals surface area contributed by atoms with E-state index in [2.05, 4.69) is 10.0 Å². The number of benzene rings is 1. The minimum Gasteiger partial charge on any atom is -0.383 e. The average molecular weight is 300 g/mol. The van der Waals surface area contributed by atoms with Gasteiger partial charge in [0.05, 0.1) is 11.5 Å². The molecule has 0 amide bonds. The highest BCUT2D eigenvalue weighted by molar-refractivity contribution is 7.89. The van der Waals surface area contributed by atoms with Gasteiger partial charge in [-0.1, -0.05) is 13.0 Å². The maximum atomic E-state index is 12.3. The highest BCUT2D eigenvalue weighted by Crippen LogP contribution is 2.21. The number of ether oxygens (including phenoxy) is 1. The fraction of sp³-hybridized carbons (Fsp3) is 0.571. The SMILES string of the molecule is CCNCc1cc(C)c(C)c(S(=O)(=O)NCCOC)c1. The molecule has 1 aromatic rings. The summed E-state index contributed by atoms with van der Waals surface area (Å²) in [5.41, 5.74) is 2.74. The Balaban J connectivity index is 3.05. The third kappa shape index (κ3) is 4.56. The number of sulfonamides is 1. The van der Waals surface area contributed by atoms with Gasteiger partial charge in [-0.05, 0) is 43.1 Å². The second-order valence-corrected chi connectivity index (χ2v) is 6.44. The molecule has 6 heteroatoms. The molecule has 0 radical (unpaired) electrons. The summed E-state index contributed by atoms with van der Waals surface area (Å²) in [5, 5.41) is 3.21. The van der Waals surface area contributed by atoms with Crippen LogP contribution in [-0.2, 0) is 21.3 Å². The first-order chi connectivity index (χ1) is 9.42. The molecule has 0 bridgehead atoms. The molecule has 2 N–H and O–H groups in total. The Kier molecular flexibility index (Phi) is 6.61. The Bertz CT molecular complexity index is 542.